The minimum atomic E-state index is 0.483. The van der Waals surface area contributed by atoms with E-state index >= 15 is 0 Å². The van der Waals surface area contributed by atoms with E-state index in [1.807, 2.05) is 24.3 Å². The first kappa shape index (κ1) is 24.2. The van der Waals surface area contributed by atoms with Crippen LogP contribution in [0.2, 0.25) is 0 Å². The summed E-state index contributed by atoms with van der Waals surface area (Å²) in [5.74, 6) is 0. The Balaban J connectivity index is 1.63. The van der Waals surface area contributed by atoms with Crippen LogP contribution >= 0.6 is 0 Å². The molecule has 0 saturated carbocycles. The third-order valence-electron chi connectivity index (χ3n) is 7.66. The molecule has 0 saturated heterocycles. The molecular weight excluding hydrogens is 498 g/mol. The van der Waals surface area contributed by atoms with Crippen molar-refractivity contribution in [3.8, 4) is 51.2 Å². The first-order chi connectivity index (χ1) is 20.3. The van der Waals surface area contributed by atoms with E-state index in [9.17, 15) is 10.5 Å². The van der Waals surface area contributed by atoms with Crippen LogP contribution in [-0.2, 0) is 0 Å². The van der Waals surface area contributed by atoms with Crippen LogP contribution in [0.5, 0.6) is 0 Å². The summed E-state index contributed by atoms with van der Waals surface area (Å²) in [4.78, 5) is 0. The van der Waals surface area contributed by atoms with E-state index in [1.165, 1.54) is 0 Å². The lowest BCUT2D eigenvalue weighted by atomic mass is 9.93. The molecule has 0 fully saturated rings. The van der Waals surface area contributed by atoms with Crippen molar-refractivity contribution < 1.29 is 0 Å². The van der Waals surface area contributed by atoms with Gasteiger partial charge < -0.3 is 4.57 Å². The second-order valence-electron chi connectivity index (χ2n) is 10.0. The van der Waals surface area contributed by atoms with Gasteiger partial charge in [-0.2, -0.15) is 10.5 Å². The molecule has 0 amide bonds. The van der Waals surface area contributed by atoms with Gasteiger partial charge >= 0.3 is 0 Å². The number of aromatic nitrogens is 1. The fourth-order valence-electron chi connectivity index (χ4n) is 5.85. The smallest absolute Gasteiger partial charge is 0.0998 e. The van der Waals surface area contributed by atoms with Crippen LogP contribution in [0.3, 0.4) is 0 Å². The van der Waals surface area contributed by atoms with Gasteiger partial charge in [-0.15, -0.1) is 0 Å². The summed E-state index contributed by atoms with van der Waals surface area (Å²) in [6.07, 6.45) is 0. The van der Waals surface area contributed by atoms with Crippen LogP contribution in [0.1, 0.15) is 11.1 Å². The molecule has 1 heterocycles. The van der Waals surface area contributed by atoms with E-state index in [0.717, 1.165) is 55.3 Å². The zero-order valence-corrected chi connectivity index (χ0v) is 22.1. The summed E-state index contributed by atoms with van der Waals surface area (Å²) in [7, 11) is 0. The average molecular weight is 522 g/mol. The maximum Gasteiger partial charge on any atom is 0.0998 e. The van der Waals surface area contributed by atoms with Crippen LogP contribution in [0.15, 0.2) is 140 Å². The lowest BCUT2D eigenvalue weighted by Crippen LogP contribution is -1.99. The molecule has 3 heteroatoms. The van der Waals surface area contributed by atoms with E-state index < -0.39 is 0 Å². The number of hydrogen-bond acceptors (Lipinski definition) is 2. The lowest BCUT2D eigenvalue weighted by molar-refractivity contribution is 1.18. The highest BCUT2D eigenvalue weighted by Gasteiger charge is 2.20. The fourth-order valence-corrected chi connectivity index (χ4v) is 5.85. The zero-order valence-electron chi connectivity index (χ0n) is 22.1. The number of nitriles is 2. The van der Waals surface area contributed by atoms with E-state index in [0.29, 0.717) is 16.7 Å². The largest absolute Gasteiger partial charge is 0.309 e. The van der Waals surface area contributed by atoms with Crippen LogP contribution in [0.4, 0.5) is 0 Å². The summed E-state index contributed by atoms with van der Waals surface area (Å²) < 4.78 is 2.29. The molecule has 7 aromatic rings. The molecular formula is C38H23N3. The van der Waals surface area contributed by atoms with Crippen molar-refractivity contribution in [2.45, 2.75) is 0 Å². The van der Waals surface area contributed by atoms with Gasteiger partial charge in [0.1, 0.15) is 0 Å². The minimum absolute atomic E-state index is 0.483. The molecule has 3 nitrogen and oxygen atoms in total. The van der Waals surface area contributed by atoms with Crippen molar-refractivity contribution in [3.63, 3.8) is 0 Å². The second kappa shape index (κ2) is 10.0. The number of rotatable bonds is 4. The molecule has 0 radical (unpaired) electrons. The highest BCUT2D eigenvalue weighted by molar-refractivity contribution is 6.14. The van der Waals surface area contributed by atoms with Crippen LogP contribution in [-0.4, -0.2) is 4.57 Å². The second-order valence-corrected chi connectivity index (χ2v) is 10.0. The number of para-hydroxylation sites is 2. The van der Waals surface area contributed by atoms with Crippen molar-refractivity contribution in [1.29, 1.82) is 10.5 Å². The molecule has 0 aliphatic rings. The third-order valence-corrected chi connectivity index (χ3v) is 7.66. The monoisotopic (exact) mass is 521 g/mol. The minimum Gasteiger partial charge on any atom is -0.309 e. The molecule has 0 bridgehead atoms. The summed E-state index contributed by atoms with van der Waals surface area (Å²) in [6.45, 7) is 0. The Kier molecular flexibility index (Phi) is 5.90. The van der Waals surface area contributed by atoms with E-state index in [1.54, 1.807) is 18.2 Å². The van der Waals surface area contributed by atoms with Crippen molar-refractivity contribution in [1.82, 2.24) is 4.57 Å². The van der Waals surface area contributed by atoms with Gasteiger partial charge in [-0.1, -0.05) is 103 Å². The molecule has 0 N–H and O–H groups in total. The highest BCUT2D eigenvalue weighted by Crippen LogP contribution is 2.41. The normalized spacial score (nSPS) is 10.9. The van der Waals surface area contributed by atoms with E-state index in [4.69, 9.17) is 0 Å². The Hall–Kier alpha value is -5.90. The fraction of sp³-hybridized carbons (Fsp3) is 0. The molecule has 41 heavy (non-hydrogen) atoms. The quantitative estimate of drug-likeness (QED) is 0.232. The molecule has 0 unspecified atom stereocenters. The molecule has 7 rings (SSSR count). The molecule has 0 atom stereocenters. The Morgan fingerprint density at radius 1 is 0.463 bits per heavy atom. The van der Waals surface area contributed by atoms with Gasteiger partial charge in [-0.3, -0.25) is 0 Å². The molecule has 190 valence electrons. The predicted octanol–water partition coefficient (Wildman–Crippen LogP) is 9.53. The first-order valence-corrected chi connectivity index (χ1v) is 13.5. The molecule has 1 aromatic heterocycles. The SMILES string of the molecule is N#Cc1cccc(C#N)c1-c1cccc2c3ccccc3n(-c3cc(-c4ccccc4)cc(-c4ccccc4)c3)c12. The average Bonchev–Trinajstić information content (AvgIpc) is 3.40. The van der Waals surface area contributed by atoms with E-state index in [-0.39, 0.29) is 0 Å². The topological polar surface area (TPSA) is 52.5 Å². The van der Waals surface area contributed by atoms with Crippen molar-refractivity contribution in [2.75, 3.05) is 0 Å². The Labute approximate surface area is 238 Å². The number of fused-ring (bicyclic) bond motifs is 3. The van der Waals surface area contributed by atoms with Gasteiger partial charge in [0.05, 0.1) is 34.3 Å². The molecule has 0 spiro atoms. The maximum atomic E-state index is 10.1. The van der Waals surface area contributed by atoms with Crippen molar-refractivity contribution in [2.24, 2.45) is 0 Å². The maximum absolute atomic E-state index is 10.1. The van der Waals surface area contributed by atoms with Crippen molar-refractivity contribution in [3.05, 3.63) is 151 Å². The number of benzene rings is 6. The Morgan fingerprint density at radius 3 is 1.61 bits per heavy atom. The zero-order chi connectivity index (χ0) is 27.8. The third kappa shape index (κ3) is 4.05. The van der Waals surface area contributed by atoms with Crippen LogP contribution in [0, 0.1) is 22.7 Å². The number of nitrogens with zero attached hydrogens (tertiary/aromatic N) is 3. The standard InChI is InChI=1S/C38H23N3/c39-24-28-15-9-16-29(25-40)37(28)35-19-10-18-34-33-17-7-8-20-36(33)41(38(34)35)32-22-30(26-11-3-1-4-12-26)21-31(23-32)27-13-5-2-6-14-27/h1-23H. The summed E-state index contributed by atoms with van der Waals surface area (Å²) >= 11 is 0. The molecule has 0 aliphatic heterocycles. The van der Waals surface area contributed by atoms with Crippen LogP contribution < -0.4 is 0 Å². The highest BCUT2D eigenvalue weighted by atomic mass is 15.0. The van der Waals surface area contributed by atoms with Gasteiger partial charge in [0.25, 0.3) is 0 Å². The van der Waals surface area contributed by atoms with Crippen molar-refractivity contribution >= 4 is 21.8 Å². The summed E-state index contributed by atoms with van der Waals surface area (Å²) in [6, 6.07) is 52.1. The first-order valence-electron chi connectivity index (χ1n) is 13.5. The summed E-state index contributed by atoms with van der Waals surface area (Å²) in [5.41, 5.74) is 10.0. The predicted molar refractivity (Wildman–Crippen MR) is 167 cm³/mol. The van der Waals surface area contributed by atoms with Crippen LogP contribution in [0.25, 0.3) is 60.9 Å². The van der Waals surface area contributed by atoms with Gasteiger partial charge in [0.2, 0.25) is 0 Å². The van der Waals surface area contributed by atoms with Gasteiger partial charge in [-0.05, 0) is 58.7 Å². The molecule has 6 aromatic carbocycles. The Morgan fingerprint density at radius 2 is 1.00 bits per heavy atom. The number of hydrogen-bond donors (Lipinski definition) is 0. The van der Waals surface area contributed by atoms with Gasteiger partial charge in [0.15, 0.2) is 0 Å². The summed E-state index contributed by atoms with van der Waals surface area (Å²) in [5, 5.41) is 22.3. The lowest BCUT2D eigenvalue weighted by Gasteiger charge is -2.16. The van der Waals surface area contributed by atoms with E-state index in [2.05, 4.69) is 114 Å². The van der Waals surface area contributed by atoms with Gasteiger partial charge in [0, 0.05) is 27.6 Å². The Bertz CT molecular complexity index is 2070. The molecule has 0 aliphatic carbocycles. The van der Waals surface area contributed by atoms with Gasteiger partial charge in [-0.25, -0.2) is 0 Å².